The van der Waals surface area contributed by atoms with Crippen molar-refractivity contribution in [3.05, 3.63) is 48.0 Å². The standard InChI is InChI=1S/C25H35N3O5/c1-15(2)33-20(23(30)28-32)19(22(29)27-21(24(31)26-6)25(3,4)5)14-16-11-12-17-9-7-8-10-18(17)13-16/h7-13,15,19-21,32H,14H2,1-6H3,(H,26,31)(H,27,29)(H,28,30)/t19-,20+,21-/m1/s1. The Hall–Kier alpha value is -2.97. The van der Waals surface area contributed by atoms with Crippen LogP contribution in [0.5, 0.6) is 0 Å². The van der Waals surface area contributed by atoms with E-state index in [0.717, 1.165) is 16.3 Å². The SMILES string of the molecule is CNC(=O)[C@@H](NC(=O)[C@H](Cc1ccc2ccccc2c1)[C@H](OC(C)C)C(=O)NO)C(C)(C)C. The molecule has 0 unspecified atom stereocenters. The van der Waals surface area contributed by atoms with Gasteiger partial charge in [0.15, 0.2) is 6.10 Å². The molecule has 2 aromatic carbocycles. The third-order valence-electron chi connectivity index (χ3n) is 5.42. The summed E-state index contributed by atoms with van der Waals surface area (Å²) in [6.07, 6.45) is -1.46. The second kappa shape index (κ2) is 11.2. The van der Waals surface area contributed by atoms with Crippen molar-refractivity contribution in [2.75, 3.05) is 7.05 Å². The van der Waals surface area contributed by atoms with Gasteiger partial charge in [-0.2, -0.15) is 0 Å². The average molecular weight is 458 g/mol. The van der Waals surface area contributed by atoms with Crippen molar-refractivity contribution in [1.82, 2.24) is 16.1 Å². The van der Waals surface area contributed by atoms with Crippen LogP contribution in [-0.2, 0) is 25.5 Å². The van der Waals surface area contributed by atoms with Crippen molar-refractivity contribution in [2.24, 2.45) is 11.3 Å². The lowest BCUT2D eigenvalue weighted by Gasteiger charge is -2.33. The summed E-state index contributed by atoms with van der Waals surface area (Å²) in [4.78, 5) is 38.5. The van der Waals surface area contributed by atoms with Crippen LogP contribution in [-0.4, -0.2) is 48.2 Å². The van der Waals surface area contributed by atoms with E-state index < -0.39 is 35.3 Å². The first-order chi connectivity index (χ1) is 15.5. The number of nitrogens with one attached hydrogen (secondary N) is 3. The molecule has 0 saturated heterocycles. The third-order valence-corrected chi connectivity index (χ3v) is 5.42. The van der Waals surface area contributed by atoms with E-state index in [1.807, 2.05) is 63.2 Å². The molecule has 180 valence electrons. The maximum absolute atomic E-state index is 13.5. The molecule has 0 aliphatic carbocycles. The Bertz CT molecular complexity index is 983. The topological polar surface area (TPSA) is 117 Å². The molecular formula is C25H35N3O5. The molecule has 0 radical (unpaired) electrons. The first kappa shape index (κ1) is 26.3. The Labute approximate surface area is 195 Å². The molecule has 0 spiro atoms. The average Bonchev–Trinajstić information content (AvgIpc) is 2.77. The van der Waals surface area contributed by atoms with Crippen LogP contribution < -0.4 is 16.1 Å². The quantitative estimate of drug-likeness (QED) is 0.341. The molecule has 4 N–H and O–H groups in total. The van der Waals surface area contributed by atoms with Crippen molar-refractivity contribution in [3.63, 3.8) is 0 Å². The minimum atomic E-state index is -1.26. The molecule has 0 heterocycles. The Kier molecular flexibility index (Phi) is 8.96. The van der Waals surface area contributed by atoms with Gasteiger partial charge in [-0.15, -0.1) is 0 Å². The number of benzene rings is 2. The molecule has 0 saturated carbocycles. The van der Waals surface area contributed by atoms with Crippen LogP contribution in [0.15, 0.2) is 42.5 Å². The highest BCUT2D eigenvalue weighted by Crippen LogP contribution is 2.24. The van der Waals surface area contributed by atoms with Gasteiger partial charge >= 0.3 is 0 Å². The van der Waals surface area contributed by atoms with E-state index in [4.69, 9.17) is 4.74 Å². The molecule has 0 aliphatic rings. The molecule has 0 aliphatic heterocycles. The Morgan fingerprint density at radius 1 is 0.970 bits per heavy atom. The summed E-state index contributed by atoms with van der Waals surface area (Å²) >= 11 is 0. The van der Waals surface area contributed by atoms with Gasteiger partial charge in [-0.3, -0.25) is 19.6 Å². The highest BCUT2D eigenvalue weighted by Gasteiger charge is 2.39. The lowest BCUT2D eigenvalue weighted by molar-refractivity contribution is -0.154. The van der Waals surface area contributed by atoms with E-state index in [0.29, 0.717) is 0 Å². The van der Waals surface area contributed by atoms with E-state index in [1.165, 1.54) is 7.05 Å². The lowest BCUT2D eigenvalue weighted by atomic mass is 9.84. The number of hydroxylamine groups is 1. The van der Waals surface area contributed by atoms with Crippen LogP contribution in [0.2, 0.25) is 0 Å². The number of hydrogen-bond donors (Lipinski definition) is 4. The van der Waals surface area contributed by atoms with Gasteiger partial charge < -0.3 is 15.4 Å². The van der Waals surface area contributed by atoms with E-state index in [9.17, 15) is 19.6 Å². The fraction of sp³-hybridized carbons (Fsp3) is 0.480. The zero-order valence-corrected chi connectivity index (χ0v) is 20.1. The number of fused-ring (bicyclic) bond motifs is 1. The number of carbonyl (C=O) groups excluding carboxylic acids is 3. The monoisotopic (exact) mass is 457 g/mol. The fourth-order valence-electron chi connectivity index (χ4n) is 3.72. The van der Waals surface area contributed by atoms with Crippen molar-refractivity contribution in [1.29, 1.82) is 0 Å². The van der Waals surface area contributed by atoms with E-state index in [2.05, 4.69) is 10.6 Å². The number of amides is 3. The van der Waals surface area contributed by atoms with Crippen molar-refractivity contribution < 1.29 is 24.3 Å². The largest absolute Gasteiger partial charge is 0.365 e. The number of hydrogen-bond acceptors (Lipinski definition) is 5. The van der Waals surface area contributed by atoms with Crippen molar-refractivity contribution in [2.45, 2.75) is 59.3 Å². The fourth-order valence-corrected chi connectivity index (χ4v) is 3.72. The normalized spacial score (nSPS) is 14.4. The summed E-state index contributed by atoms with van der Waals surface area (Å²) in [6.45, 7) is 9.01. The predicted octanol–water partition coefficient (Wildman–Crippen LogP) is 2.57. The summed E-state index contributed by atoms with van der Waals surface area (Å²) in [6, 6.07) is 12.8. The maximum Gasteiger partial charge on any atom is 0.273 e. The van der Waals surface area contributed by atoms with E-state index >= 15 is 0 Å². The number of rotatable bonds is 9. The van der Waals surface area contributed by atoms with E-state index in [1.54, 1.807) is 19.3 Å². The molecule has 8 nitrogen and oxygen atoms in total. The smallest absolute Gasteiger partial charge is 0.273 e. The van der Waals surface area contributed by atoms with Crippen molar-refractivity contribution in [3.8, 4) is 0 Å². The highest BCUT2D eigenvalue weighted by atomic mass is 16.5. The van der Waals surface area contributed by atoms with Gasteiger partial charge in [-0.05, 0) is 42.0 Å². The summed E-state index contributed by atoms with van der Waals surface area (Å²) in [5.41, 5.74) is 1.87. The summed E-state index contributed by atoms with van der Waals surface area (Å²) in [5, 5.41) is 16.8. The molecule has 3 atom stereocenters. The second-order valence-electron chi connectivity index (χ2n) is 9.50. The van der Waals surface area contributed by atoms with Gasteiger partial charge in [0.05, 0.1) is 12.0 Å². The van der Waals surface area contributed by atoms with E-state index in [-0.39, 0.29) is 18.4 Å². The third kappa shape index (κ3) is 7.00. The van der Waals surface area contributed by atoms with Crippen LogP contribution >= 0.6 is 0 Å². The van der Waals surface area contributed by atoms with Crippen LogP contribution in [0.25, 0.3) is 10.8 Å². The molecular weight excluding hydrogens is 422 g/mol. The minimum Gasteiger partial charge on any atom is -0.365 e. The van der Waals surface area contributed by atoms with Gasteiger partial charge in [-0.1, -0.05) is 63.2 Å². The van der Waals surface area contributed by atoms with Gasteiger partial charge in [0.25, 0.3) is 5.91 Å². The van der Waals surface area contributed by atoms with Crippen LogP contribution in [0, 0.1) is 11.3 Å². The molecule has 0 fully saturated rings. The number of likely N-dealkylation sites (N-methyl/N-ethyl adjacent to an activating group) is 1. The molecule has 3 amide bonds. The minimum absolute atomic E-state index is 0.173. The zero-order chi connectivity index (χ0) is 24.8. The molecule has 0 aromatic heterocycles. The van der Waals surface area contributed by atoms with Crippen molar-refractivity contribution >= 4 is 28.5 Å². The maximum atomic E-state index is 13.5. The van der Waals surface area contributed by atoms with Gasteiger partial charge in [-0.25, -0.2) is 5.48 Å². The zero-order valence-electron chi connectivity index (χ0n) is 20.1. The predicted molar refractivity (Wildman–Crippen MR) is 127 cm³/mol. The van der Waals surface area contributed by atoms with Crippen LogP contribution in [0.3, 0.4) is 0 Å². The molecule has 33 heavy (non-hydrogen) atoms. The van der Waals surface area contributed by atoms with Gasteiger partial charge in [0.1, 0.15) is 6.04 Å². The van der Waals surface area contributed by atoms with Gasteiger partial charge in [0.2, 0.25) is 11.8 Å². The molecule has 2 aromatic rings. The summed E-state index contributed by atoms with van der Waals surface area (Å²) in [5.74, 6) is -2.67. The molecule has 8 heteroatoms. The number of ether oxygens (including phenoxy) is 1. The van der Waals surface area contributed by atoms with Gasteiger partial charge in [0, 0.05) is 7.05 Å². The van der Waals surface area contributed by atoms with Crippen LogP contribution in [0.1, 0.15) is 40.2 Å². The highest BCUT2D eigenvalue weighted by molar-refractivity contribution is 5.93. The second-order valence-corrected chi connectivity index (χ2v) is 9.50. The number of carbonyl (C=O) groups is 3. The Morgan fingerprint density at radius 3 is 2.15 bits per heavy atom. The first-order valence-corrected chi connectivity index (χ1v) is 11.1. The van der Waals surface area contributed by atoms with Crippen LogP contribution in [0.4, 0.5) is 0 Å². The Balaban J connectivity index is 2.46. The lowest BCUT2D eigenvalue weighted by Crippen LogP contribution is -2.57. The summed E-state index contributed by atoms with van der Waals surface area (Å²) in [7, 11) is 1.50. The molecule has 0 bridgehead atoms. The Morgan fingerprint density at radius 2 is 1.61 bits per heavy atom. The first-order valence-electron chi connectivity index (χ1n) is 11.1. The summed E-state index contributed by atoms with van der Waals surface area (Å²) < 4.78 is 5.77. The molecule has 2 rings (SSSR count).